The first-order valence-electron chi connectivity index (χ1n) is 17.7. The van der Waals surface area contributed by atoms with Crippen LogP contribution < -0.4 is 24.8 Å². The van der Waals surface area contributed by atoms with Gasteiger partial charge in [0.25, 0.3) is 0 Å². The molecule has 0 amide bonds. The molecule has 1 atom stereocenters. The van der Waals surface area contributed by atoms with E-state index in [2.05, 4.69) is 185 Å². The second-order valence-electron chi connectivity index (χ2n) is 15.8. The third kappa shape index (κ3) is 11.6. The Balaban J connectivity index is 0.000000306. The molecule has 0 N–H and O–H groups in total. The SMILES string of the molecule is CCCC(C)c1cc2c(-c3ccc(C(C)(C)C)cc3)cccc2[cH-]1.C[Si](C)=[Zr+2].Cc1cc2c(-c3ccc(C(C)(C)C)cc3)cccc2[cH-]1.[Cl-].[Cl-]. The van der Waals surface area contributed by atoms with E-state index in [1.807, 2.05) is 0 Å². The molecule has 0 spiro atoms. The van der Waals surface area contributed by atoms with E-state index in [1.54, 1.807) is 23.3 Å². The van der Waals surface area contributed by atoms with Crippen molar-refractivity contribution in [1.82, 2.24) is 0 Å². The first kappa shape index (κ1) is 43.9. The van der Waals surface area contributed by atoms with Gasteiger partial charge in [-0.15, -0.1) is 69.1 Å². The van der Waals surface area contributed by atoms with E-state index in [0.29, 0.717) is 5.92 Å². The summed E-state index contributed by atoms with van der Waals surface area (Å²) in [6.07, 6.45) is 2.50. The van der Waals surface area contributed by atoms with Crippen LogP contribution in [0.15, 0.2) is 109 Å². The summed E-state index contributed by atoms with van der Waals surface area (Å²) in [6, 6.07) is 40.7. The van der Waals surface area contributed by atoms with Crippen molar-refractivity contribution in [1.29, 1.82) is 0 Å². The number of aryl methyl sites for hydroxylation is 1. The number of fused-ring (bicyclic) bond motifs is 2. The summed E-state index contributed by atoms with van der Waals surface area (Å²) in [5.74, 6) is 0.638. The van der Waals surface area contributed by atoms with E-state index >= 15 is 0 Å². The molecule has 0 saturated heterocycles. The third-order valence-corrected chi connectivity index (χ3v) is 9.08. The van der Waals surface area contributed by atoms with Crippen molar-refractivity contribution in [2.24, 2.45) is 0 Å². The molecule has 4 heteroatoms. The van der Waals surface area contributed by atoms with Crippen LogP contribution in [0.25, 0.3) is 43.8 Å². The standard InChI is InChI=1S/C24H29.C20H21.C2H6Si.2ClH.Zr/c1-6-8-17(2)20-15-19-9-7-10-22(23(19)16-20)18-11-13-21(14-12-18)24(3,4)5;1-14-12-16-6-5-7-18(19(16)13-14)15-8-10-17(11-9-15)20(2,3)4;1-3-2;;;/h7,9-17H,6,8H2,1-5H3;5-13H,1-4H3;1-2H3;2*1H;/q2*-1;;;;+2/p-2. The van der Waals surface area contributed by atoms with Gasteiger partial charge in [-0.3, -0.25) is 0 Å². The van der Waals surface area contributed by atoms with Crippen LogP contribution in [-0.4, -0.2) is 5.43 Å². The molecule has 0 saturated carbocycles. The molecule has 0 aliphatic carbocycles. The van der Waals surface area contributed by atoms with E-state index in [9.17, 15) is 0 Å². The Morgan fingerprint density at radius 2 is 1.04 bits per heavy atom. The van der Waals surface area contributed by atoms with Crippen LogP contribution in [0.3, 0.4) is 0 Å². The van der Waals surface area contributed by atoms with E-state index in [0.717, 1.165) is 0 Å². The molecule has 0 aromatic heterocycles. The fraction of sp³-hybridized carbons (Fsp3) is 0.348. The minimum Gasteiger partial charge on any atom is -1.00 e. The van der Waals surface area contributed by atoms with E-state index in [4.69, 9.17) is 0 Å². The van der Waals surface area contributed by atoms with Gasteiger partial charge in [-0.1, -0.05) is 141 Å². The van der Waals surface area contributed by atoms with Crippen LogP contribution in [-0.2, 0) is 34.2 Å². The zero-order valence-corrected chi connectivity index (χ0v) is 37.1. The van der Waals surface area contributed by atoms with Crippen molar-refractivity contribution in [3.05, 3.63) is 131 Å². The Kier molecular flexibility index (Phi) is 16.7. The number of hydrogen-bond acceptors (Lipinski definition) is 0. The first-order valence-corrected chi connectivity index (χ1v) is 23.9. The number of rotatable bonds is 5. The van der Waals surface area contributed by atoms with Gasteiger partial charge in [0.05, 0.1) is 0 Å². The number of benzene rings is 4. The van der Waals surface area contributed by atoms with Gasteiger partial charge in [-0.25, -0.2) is 0 Å². The molecular weight excluding hydrogens is 743 g/mol. The van der Waals surface area contributed by atoms with Crippen molar-refractivity contribution in [3.8, 4) is 22.3 Å². The molecule has 0 aliphatic rings. The molecule has 0 fully saturated rings. The van der Waals surface area contributed by atoms with Gasteiger partial charge in [0.15, 0.2) is 0 Å². The summed E-state index contributed by atoms with van der Waals surface area (Å²) in [5.41, 5.74) is 11.5. The third-order valence-electron chi connectivity index (χ3n) is 9.08. The van der Waals surface area contributed by atoms with E-state index < -0.39 is 0 Å². The van der Waals surface area contributed by atoms with Gasteiger partial charge < -0.3 is 24.8 Å². The van der Waals surface area contributed by atoms with Crippen molar-refractivity contribution in [2.45, 2.75) is 105 Å². The molecular formula is C46H56Cl2SiZr-2. The molecule has 6 aromatic carbocycles. The Bertz CT molecular complexity index is 1940. The molecule has 6 aromatic rings. The number of halogens is 2. The molecule has 0 nitrogen and oxygen atoms in total. The maximum Gasteiger partial charge on any atom is -0.0132 e. The van der Waals surface area contributed by atoms with Crippen molar-refractivity contribution >= 4 is 27.0 Å². The number of hydrogen-bond donors (Lipinski definition) is 0. The zero-order valence-electron chi connectivity index (χ0n) is 32.1. The van der Waals surface area contributed by atoms with Gasteiger partial charge in [0.2, 0.25) is 0 Å². The normalized spacial score (nSPS) is 11.8. The van der Waals surface area contributed by atoms with E-state index in [-0.39, 0.29) is 41.1 Å². The Morgan fingerprint density at radius 3 is 1.44 bits per heavy atom. The predicted octanol–water partition coefficient (Wildman–Crippen LogP) is 8.05. The fourth-order valence-electron chi connectivity index (χ4n) is 6.33. The maximum absolute atomic E-state index is 2.41. The average Bonchev–Trinajstić information content (AvgIpc) is 3.63. The van der Waals surface area contributed by atoms with Crippen LogP contribution in [0.2, 0.25) is 13.1 Å². The van der Waals surface area contributed by atoms with Gasteiger partial charge >= 0.3 is 41.9 Å². The zero-order chi connectivity index (χ0) is 35.2. The smallest absolute Gasteiger partial charge is 0.0132 e. The van der Waals surface area contributed by atoms with Crippen LogP contribution in [0.5, 0.6) is 0 Å². The second kappa shape index (κ2) is 19.0. The minimum atomic E-state index is 0. The Hall–Kier alpha value is -2.22. The second-order valence-corrected chi connectivity index (χ2v) is 25.2. The molecule has 0 heterocycles. The molecule has 6 rings (SSSR count). The largest absolute Gasteiger partial charge is 1.00 e. The van der Waals surface area contributed by atoms with Crippen LogP contribution >= 0.6 is 0 Å². The predicted molar refractivity (Wildman–Crippen MR) is 213 cm³/mol. The molecule has 0 bridgehead atoms. The van der Waals surface area contributed by atoms with Gasteiger partial charge in [-0.05, 0) is 45.4 Å². The molecule has 0 aliphatic heterocycles. The summed E-state index contributed by atoms with van der Waals surface area (Å²) in [4.78, 5) is 0. The van der Waals surface area contributed by atoms with Gasteiger partial charge in [0, 0.05) is 0 Å². The average molecular weight is 799 g/mol. The Labute approximate surface area is 331 Å². The summed E-state index contributed by atoms with van der Waals surface area (Å²) in [5, 5.41) is 5.44. The van der Waals surface area contributed by atoms with Crippen LogP contribution in [0, 0.1) is 6.92 Å². The molecule has 50 heavy (non-hydrogen) atoms. The molecule has 1 unspecified atom stereocenters. The monoisotopic (exact) mass is 796 g/mol. The summed E-state index contributed by atoms with van der Waals surface area (Å²) >= 11 is 1.74. The van der Waals surface area contributed by atoms with E-state index in [1.165, 1.54) is 78.9 Å². The van der Waals surface area contributed by atoms with Crippen LogP contribution in [0.4, 0.5) is 0 Å². The Morgan fingerprint density at radius 1 is 0.640 bits per heavy atom. The summed E-state index contributed by atoms with van der Waals surface area (Å²) < 4.78 is 0. The van der Waals surface area contributed by atoms with Crippen molar-refractivity contribution in [3.63, 3.8) is 0 Å². The summed E-state index contributed by atoms with van der Waals surface area (Å²) in [6.45, 7) is 24.9. The quantitative estimate of drug-likeness (QED) is 0.122. The van der Waals surface area contributed by atoms with Crippen molar-refractivity contribution < 1.29 is 48.1 Å². The summed E-state index contributed by atoms with van der Waals surface area (Å²) in [7, 11) is 0. The maximum atomic E-state index is 2.41. The van der Waals surface area contributed by atoms with Crippen molar-refractivity contribution in [2.75, 3.05) is 0 Å². The molecule has 0 radical (unpaired) electrons. The van der Waals surface area contributed by atoms with Crippen LogP contribution in [0.1, 0.15) is 96.4 Å². The minimum absolute atomic E-state index is 0. The van der Waals surface area contributed by atoms with Gasteiger partial charge in [-0.2, -0.15) is 12.1 Å². The molecule has 264 valence electrons. The fourth-order valence-corrected chi connectivity index (χ4v) is 6.33. The topological polar surface area (TPSA) is 0 Å². The van der Waals surface area contributed by atoms with Gasteiger partial charge in [0.1, 0.15) is 0 Å². The first-order chi connectivity index (χ1) is 22.6.